The minimum absolute atomic E-state index is 0.0182. The van der Waals surface area contributed by atoms with Crippen molar-refractivity contribution in [3.05, 3.63) is 35.6 Å². The third kappa shape index (κ3) is 4.95. The van der Waals surface area contributed by atoms with Gasteiger partial charge in [-0.1, -0.05) is 12.1 Å². The van der Waals surface area contributed by atoms with E-state index < -0.39 is 0 Å². The number of nitrogens with one attached hydrogen (secondary N) is 1. The van der Waals surface area contributed by atoms with Crippen molar-refractivity contribution in [2.75, 3.05) is 6.54 Å². The predicted molar refractivity (Wildman–Crippen MR) is 64.0 cm³/mol. The van der Waals surface area contributed by atoms with Crippen molar-refractivity contribution in [3.63, 3.8) is 0 Å². The van der Waals surface area contributed by atoms with Crippen molar-refractivity contribution >= 4 is 5.97 Å². The summed E-state index contributed by atoms with van der Waals surface area (Å²) in [5.74, 6) is -0.547. The summed E-state index contributed by atoms with van der Waals surface area (Å²) in [6.45, 7) is 5.68. The molecule has 0 saturated heterocycles. The van der Waals surface area contributed by atoms with Gasteiger partial charge in [0.05, 0.1) is 12.6 Å². The van der Waals surface area contributed by atoms with Gasteiger partial charge in [0, 0.05) is 6.04 Å². The quantitative estimate of drug-likeness (QED) is 0.802. The topological polar surface area (TPSA) is 38.3 Å². The van der Waals surface area contributed by atoms with Crippen LogP contribution in [-0.4, -0.2) is 18.6 Å². The number of rotatable bonds is 5. The van der Waals surface area contributed by atoms with Gasteiger partial charge >= 0.3 is 5.97 Å². The molecule has 0 heterocycles. The molecule has 0 amide bonds. The molecule has 0 aromatic heterocycles. The summed E-state index contributed by atoms with van der Waals surface area (Å²) in [5.41, 5.74) is 0.934. The molecule has 17 heavy (non-hydrogen) atoms. The lowest BCUT2D eigenvalue weighted by Gasteiger charge is -2.14. The van der Waals surface area contributed by atoms with E-state index in [9.17, 15) is 9.18 Å². The zero-order valence-electron chi connectivity index (χ0n) is 10.4. The Kier molecular flexibility index (Phi) is 5.10. The van der Waals surface area contributed by atoms with Gasteiger partial charge < -0.3 is 10.1 Å². The van der Waals surface area contributed by atoms with Crippen molar-refractivity contribution in [2.45, 2.75) is 32.9 Å². The first kappa shape index (κ1) is 13.6. The Labute approximate surface area is 101 Å². The van der Waals surface area contributed by atoms with Crippen LogP contribution in [0.4, 0.5) is 4.39 Å². The Morgan fingerprint density at radius 3 is 2.41 bits per heavy atom. The Balaban J connectivity index is 2.42. The number of hydrogen-bond donors (Lipinski definition) is 1. The highest BCUT2D eigenvalue weighted by Gasteiger charge is 2.09. The number of carbonyl (C=O) groups is 1. The van der Waals surface area contributed by atoms with Gasteiger partial charge in [0.25, 0.3) is 0 Å². The second kappa shape index (κ2) is 6.35. The maximum Gasteiger partial charge on any atom is 0.320 e. The monoisotopic (exact) mass is 239 g/mol. The molecule has 0 radical (unpaired) electrons. The van der Waals surface area contributed by atoms with Crippen molar-refractivity contribution in [1.82, 2.24) is 5.32 Å². The number of hydrogen-bond acceptors (Lipinski definition) is 3. The van der Waals surface area contributed by atoms with Crippen molar-refractivity contribution in [2.24, 2.45) is 0 Å². The molecular formula is C13H18FNO2. The highest BCUT2D eigenvalue weighted by atomic mass is 19.1. The van der Waals surface area contributed by atoms with E-state index in [0.29, 0.717) is 0 Å². The van der Waals surface area contributed by atoms with Crippen LogP contribution in [-0.2, 0) is 9.53 Å². The van der Waals surface area contributed by atoms with E-state index in [1.54, 1.807) is 26.0 Å². The average molecular weight is 239 g/mol. The maximum atomic E-state index is 12.7. The van der Waals surface area contributed by atoms with E-state index >= 15 is 0 Å². The normalized spacial score (nSPS) is 12.5. The van der Waals surface area contributed by atoms with Gasteiger partial charge in [-0.25, -0.2) is 4.39 Å². The smallest absolute Gasteiger partial charge is 0.320 e. The summed E-state index contributed by atoms with van der Waals surface area (Å²) >= 11 is 0. The molecule has 0 aliphatic rings. The molecule has 1 aromatic rings. The van der Waals surface area contributed by atoms with Crippen molar-refractivity contribution in [1.29, 1.82) is 0 Å². The van der Waals surface area contributed by atoms with Crippen LogP contribution in [0.5, 0.6) is 0 Å². The van der Waals surface area contributed by atoms with Gasteiger partial charge in [0.1, 0.15) is 5.82 Å². The third-order valence-corrected chi connectivity index (χ3v) is 2.29. The van der Waals surface area contributed by atoms with Crippen LogP contribution in [0.3, 0.4) is 0 Å². The molecule has 0 unspecified atom stereocenters. The highest BCUT2D eigenvalue weighted by Crippen LogP contribution is 2.12. The van der Waals surface area contributed by atoms with Gasteiger partial charge in [0.15, 0.2) is 0 Å². The number of esters is 1. The van der Waals surface area contributed by atoms with E-state index in [1.807, 2.05) is 6.92 Å². The van der Waals surface area contributed by atoms with Gasteiger partial charge in [-0.15, -0.1) is 0 Å². The van der Waals surface area contributed by atoms with E-state index in [0.717, 1.165) is 5.56 Å². The standard InChI is InChI=1S/C13H18FNO2/c1-9(2)17-13(16)8-15-10(3)11-4-6-12(14)7-5-11/h4-7,9-10,15H,8H2,1-3H3/t10-/m1/s1. The second-order valence-corrected chi connectivity index (χ2v) is 4.19. The summed E-state index contributed by atoms with van der Waals surface area (Å²) < 4.78 is 17.7. The summed E-state index contributed by atoms with van der Waals surface area (Å²) in [5, 5.41) is 3.03. The van der Waals surface area contributed by atoms with E-state index in [2.05, 4.69) is 5.32 Å². The second-order valence-electron chi connectivity index (χ2n) is 4.19. The molecule has 94 valence electrons. The fraction of sp³-hybridized carbons (Fsp3) is 0.462. The average Bonchev–Trinajstić information content (AvgIpc) is 2.26. The fourth-order valence-electron chi connectivity index (χ4n) is 1.41. The Bertz CT molecular complexity index is 362. The Morgan fingerprint density at radius 1 is 1.29 bits per heavy atom. The molecule has 1 atom stereocenters. The molecule has 1 N–H and O–H groups in total. The summed E-state index contributed by atoms with van der Waals surface area (Å²) in [6, 6.07) is 6.18. The minimum Gasteiger partial charge on any atom is -0.462 e. The van der Waals surface area contributed by atoms with Crippen molar-refractivity contribution in [3.8, 4) is 0 Å². The molecule has 0 bridgehead atoms. The SMILES string of the molecule is CC(C)OC(=O)CN[C@H](C)c1ccc(F)cc1. The fourth-order valence-corrected chi connectivity index (χ4v) is 1.41. The lowest BCUT2D eigenvalue weighted by atomic mass is 10.1. The summed E-state index contributed by atoms with van der Waals surface area (Å²) in [7, 11) is 0. The number of benzene rings is 1. The van der Waals surface area contributed by atoms with Crippen LogP contribution in [0.1, 0.15) is 32.4 Å². The van der Waals surface area contributed by atoms with Crippen LogP contribution in [0.25, 0.3) is 0 Å². The lowest BCUT2D eigenvalue weighted by Crippen LogP contribution is -2.28. The van der Waals surface area contributed by atoms with E-state index in [-0.39, 0.29) is 30.5 Å². The molecule has 0 saturated carbocycles. The minimum atomic E-state index is -0.283. The molecule has 1 aromatic carbocycles. The summed E-state index contributed by atoms with van der Waals surface area (Å²) in [4.78, 5) is 11.3. The molecule has 3 nitrogen and oxygen atoms in total. The molecule has 0 aliphatic heterocycles. The highest BCUT2D eigenvalue weighted by molar-refractivity contribution is 5.71. The predicted octanol–water partition coefficient (Wildman–Crippen LogP) is 2.43. The molecule has 1 rings (SSSR count). The van der Waals surface area contributed by atoms with Crippen LogP contribution in [0, 0.1) is 5.82 Å². The van der Waals surface area contributed by atoms with Gasteiger partial charge in [-0.05, 0) is 38.5 Å². The Morgan fingerprint density at radius 2 is 1.88 bits per heavy atom. The number of ether oxygens (including phenoxy) is 1. The van der Waals surface area contributed by atoms with E-state index in [1.165, 1.54) is 12.1 Å². The molecule has 4 heteroatoms. The first-order chi connectivity index (χ1) is 7.99. The number of halogens is 1. The van der Waals surface area contributed by atoms with Crippen molar-refractivity contribution < 1.29 is 13.9 Å². The van der Waals surface area contributed by atoms with Crippen LogP contribution >= 0.6 is 0 Å². The van der Waals surface area contributed by atoms with Crippen LogP contribution in [0.15, 0.2) is 24.3 Å². The Hall–Kier alpha value is -1.42. The molecular weight excluding hydrogens is 221 g/mol. The largest absolute Gasteiger partial charge is 0.462 e. The van der Waals surface area contributed by atoms with Gasteiger partial charge in [-0.2, -0.15) is 0 Å². The summed E-state index contributed by atoms with van der Waals surface area (Å²) in [6.07, 6.45) is -0.106. The zero-order valence-corrected chi connectivity index (χ0v) is 10.4. The number of carbonyl (C=O) groups excluding carboxylic acids is 1. The van der Waals surface area contributed by atoms with Crippen LogP contribution in [0.2, 0.25) is 0 Å². The van der Waals surface area contributed by atoms with E-state index in [4.69, 9.17) is 4.74 Å². The first-order valence-corrected chi connectivity index (χ1v) is 5.67. The first-order valence-electron chi connectivity index (χ1n) is 5.67. The molecule has 0 fully saturated rings. The lowest BCUT2D eigenvalue weighted by molar-refractivity contribution is -0.146. The maximum absolute atomic E-state index is 12.7. The zero-order chi connectivity index (χ0) is 12.8. The third-order valence-electron chi connectivity index (χ3n) is 2.29. The van der Waals surface area contributed by atoms with Crippen LogP contribution < -0.4 is 5.32 Å². The molecule has 0 spiro atoms. The van der Waals surface area contributed by atoms with Gasteiger partial charge in [-0.3, -0.25) is 4.79 Å². The van der Waals surface area contributed by atoms with Gasteiger partial charge in [0.2, 0.25) is 0 Å². The molecule has 0 aliphatic carbocycles.